The van der Waals surface area contributed by atoms with Gasteiger partial charge in [-0.15, -0.1) is 0 Å². The average Bonchev–Trinajstić information content (AvgIpc) is 2.15. The van der Waals surface area contributed by atoms with Crippen LogP contribution < -0.4 is 0 Å². The highest BCUT2D eigenvalue weighted by atomic mass is 32.2. The van der Waals surface area contributed by atoms with Crippen molar-refractivity contribution in [3.05, 3.63) is 0 Å². The van der Waals surface area contributed by atoms with Crippen molar-refractivity contribution in [2.24, 2.45) is 0 Å². The smallest absolute Gasteiger partial charge is 0.329 e. The Balaban J connectivity index is 2.33. The van der Waals surface area contributed by atoms with Crippen molar-refractivity contribution in [1.29, 1.82) is 0 Å². The third kappa shape index (κ3) is 4.40. The Hall–Kier alpha value is -0.750. The largest absolute Gasteiger partial charge is 0.480 e. The molecule has 0 aliphatic carbocycles. The first-order valence-corrected chi connectivity index (χ1v) is 6.10. The molecule has 0 aromatic rings. The summed E-state index contributed by atoms with van der Waals surface area (Å²) in [5.74, 6) is -0.269. The molecule has 1 N–H and O–H groups in total. The van der Waals surface area contributed by atoms with Crippen molar-refractivity contribution in [2.75, 3.05) is 32.1 Å². The molecule has 0 bridgehead atoms. The van der Waals surface area contributed by atoms with E-state index >= 15 is 0 Å². The molecule has 6 heteroatoms. The van der Waals surface area contributed by atoms with Gasteiger partial charge in [-0.25, -0.2) is 4.79 Å². The summed E-state index contributed by atoms with van der Waals surface area (Å²) in [4.78, 5) is 23.6. The fourth-order valence-electron chi connectivity index (χ4n) is 1.55. The third-order valence-corrected chi connectivity index (χ3v) is 3.53. The zero-order valence-electron chi connectivity index (χ0n) is 9.56. The van der Waals surface area contributed by atoms with Gasteiger partial charge in [-0.05, 0) is 13.8 Å². The first-order valence-electron chi connectivity index (χ1n) is 5.12. The summed E-state index contributed by atoms with van der Waals surface area (Å²) in [5, 5.41) is 8.37. The van der Waals surface area contributed by atoms with Gasteiger partial charge in [0.25, 0.3) is 0 Å². The minimum absolute atomic E-state index is 0.0701. The summed E-state index contributed by atoms with van der Waals surface area (Å²) >= 11 is 1.84. The first kappa shape index (κ1) is 13.3. The van der Waals surface area contributed by atoms with Gasteiger partial charge in [0.1, 0.15) is 13.2 Å². The molecule has 0 aromatic carbocycles. The monoisotopic (exact) mass is 247 g/mol. The molecule has 92 valence electrons. The van der Waals surface area contributed by atoms with E-state index < -0.39 is 12.6 Å². The van der Waals surface area contributed by atoms with Crippen LogP contribution in [0.3, 0.4) is 0 Å². The molecule has 1 amide bonds. The summed E-state index contributed by atoms with van der Waals surface area (Å²) in [6, 6.07) is 0. The highest BCUT2D eigenvalue weighted by molar-refractivity contribution is 8.00. The number of thioether (sulfide) groups is 1. The number of ether oxygens (including phenoxy) is 1. The second-order valence-corrected chi connectivity index (χ2v) is 6.11. The molecule has 0 atom stereocenters. The van der Waals surface area contributed by atoms with Crippen LogP contribution >= 0.6 is 11.8 Å². The number of hydrogen-bond acceptors (Lipinski definition) is 4. The second-order valence-electron chi connectivity index (χ2n) is 4.31. The zero-order chi connectivity index (χ0) is 12.2. The number of amides is 1. The molecule has 0 spiro atoms. The van der Waals surface area contributed by atoms with Crippen LogP contribution in [-0.4, -0.2) is 58.7 Å². The topological polar surface area (TPSA) is 66.8 Å². The quantitative estimate of drug-likeness (QED) is 0.781. The number of carboxylic acids is 1. The first-order chi connectivity index (χ1) is 7.41. The summed E-state index contributed by atoms with van der Waals surface area (Å²) in [6.07, 6.45) is 0. The number of carbonyl (C=O) groups excluding carboxylic acids is 1. The predicted molar refractivity (Wildman–Crippen MR) is 61.6 cm³/mol. The predicted octanol–water partition coefficient (Wildman–Crippen LogP) is 0.442. The molecule has 5 nitrogen and oxygen atoms in total. The molecule has 1 heterocycles. The van der Waals surface area contributed by atoms with Crippen LogP contribution in [-0.2, 0) is 14.3 Å². The van der Waals surface area contributed by atoms with E-state index in [1.54, 1.807) is 4.90 Å². The summed E-state index contributed by atoms with van der Waals surface area (Å²) in [6.45, 7) is 5.02. The lowest BCUT2D eigenvalue weighted by Gasteiger charge is -2.37. The lowest BCUT2D eigenvalue weighted by molar-refractivity contribution is -0.145. The number of hydrogen-bond donors (Lipinski definition) is 1. The lowest BCUT2D eigenvalue weighted by Crippen LogP contribution is -2.47. The standard InChI is InChI=1S/C10H17NO4S/c1-10(2)7-11(3-4-16-10)8(12)5-15-6-9(13)14/h3-7H2,1-2H3,(H,13,14). The molecular formula is C10H17NO4S. The highest BCUT2D eigenvalue weighted by Crippen LogP contribution is 2.29. The molecule has 1 aliphatic rings. The summed E-state index contributed by atoms with van der Waals surface area (Å²) in [5.41, 5.74) is 0. The molecule has 0 radical (unpaired) electrons. The normalized spacial score (nSPS) is 19.5. The SMILES string of the molecule is CC1(C)CN(C(=O)COCC(=O)O)CCS1. The van der Waals surface area contributed by atoms with E-state index in [1.807, 2.05) is 11.8 Å². The van der Waals surface area contributed by atoms with E-state index in [2.05, 4.69) is 13.8 Å². The highest BCUT2D eigenvalue weighted by Gasteiger charge is 2.29. The summed E-state index contributed by atoms with van der Waals surface area (Å²) < 4.78 is 4.85. The molecule has 16 heavy (non-hydrogen) atoms. The van der Waals surface area contributed by atoms with Crippen LogP contribution in [0, 0.1) is 0 Å². The second kappa shape index (κ2) is 5.54. The van der Waals surface area contributed by atoms with Crippen LogP contribution in [0.4, 0.5) is 0 Å². The van der Waals surface area contributed by atoms with Crippen molar-refractivity contribution in [3.8, 4) is 0 Å². The molecule has 1 fully saturated rings. The van der Waals surface area contributed by atoms with Crippen LogP contribution in [0.2, 0.25) is 0 Å². The Morgan fingerprint density at radius 1 is 1.44 bits per heavy atom. The molecular weight excluding hydrogens is 230 g/mol. The molecule has 1 aliphatic heterocycles. The van der Waals surface area contributed by atoms with E-state index in [-0.39, 0.29) is 17.3 Å². The van der Waals surface area contributed by atoms with Gasteiger partial charge < -0.3 is 14.7 Å². The van der Waals surface area contributed by atoms with Gasteiger partial charge in [0.2, 0.25) is 5.91 Å². The molecule has 1 saturated heterocycles. The van der Waals surface area contributed by atoms with Crippen molar-refractivity contribution >= 4 is 23.6 Å². The fourth-order valence-corrected chi connectivity index (χ4v) is 2.66. The number of carboxylic acid groups (broad SMARTS) is 1. The Morgan fingerprint density at radius 3 is 2.69 bits per heavy atom. The van der Waals surface area contributed by atoms with Crippen molar-refractivity contribution in [3.63, 3.8) is 0 Å². The maximum atomic E-state index is 11.7. The zero-order valence-corrected chi connectivity index (χ0v) is 10.4. The van der Waals surface area contributed by atoms with E-state index in [4.69, 9.17) is 9.84 Å². The Bertz CT molecular complexity index is 280. The maximum absolute atomic E-state index is 11.7. The van der Waals surface area contributed by atoms with Gasteiger partial charge in [0, 0.05) is 23.6 Å². The van der Waals surface area contributed by atoms with Gasteiger partial charge in [-0.2, -0.15) is 11.8 Å². The fraction of sp³-hybridized carbons (Fsp3) is 0.800. The third-order valence-electron chi connectivity index (χ3n) is 2.23. The number of aliphatic carboxylic acids is 1. The van der Waals surface area contributed by atoms with E-state index in [1.165, 1.54) is 0 Å². The van der Waals surface area contributed by atoms with E-state index in [0.29, 0.717) is 13.1 Å². The lowest BCUT2D eigenvalue weighted by atomic mass is 10.2. The summed E-state index contributed by atoms with van der Waals surface area (Å²) in [7, 11) is 0. The molecule has 0 saturated carbocycles. The minimum atomic E-state index is -1.05. The van der Waals surface area contributed by atoms with Crippen LogP contribution in [0.15, 0.2) is 0 Å². The number of rotatable bonds is 4. The van der Waals surface area contributed by atoms with Gasteiger partial charge >= 0.3 is 5.97 Å². The maximum Gasteiger partial charge on any atom is 0.329 e. The molecule has 0 unspecified atom stereocenters. The molecule has 0 aromatic heterocycles. The van der Waals surface area contributed by atoms with Gasteiger partial charge in [-0.1, -0.05) is 0 Å². The van der Waals surface area contributed by atoms with Crippen LogP contribution in [0.25, 0.3) is 0 Å². The van der Waals surface area contributed by atoms with Crippen molar-refractivity contribution in [2.45, 2.75) is 18.6 Å². The van der Waals surface area contributed by atoms with Gasteiger partial charge in [0.05, 0.1) is 0 Å². The Labute approximate surface area is 99.1 Å². The Kier molecular flexibility index (Phi) is 4.61. The minimum Gasteiger partial charge on any atom is -0.480 e. The van der Waals surface area contributed by atoms with Crippen LogP contribution in [0.1, 0.15) is 13.8 Å². The van der Waals surface area contributed by atoms with Crippen LogP contribution in [0.5, 0.6) is 0 Å². The van der Waals surface area contributed by atoms with Crippen molar-refractivity contribution in [1.82, 2.24) is 4.90 Å². The van der Waals surface area contributed by atoms with Gasteiger partial charge in [-0.3, -0.25) is 4.79 Å². The number of nitrogens with zero attached hydrogens (tertiary/aromatic N) is 1. The number of carbonyl (C=O) groups is 2. The average molecular weight is 247 g/mol. The van der Waals surface area contributed by atoms with Crippen molar-refractivity contribution < 1.29 is 19.4 Å². The van der Waals surface area contributed by atoms with E-state index in [9.17, 15) is 9.59 Å². The molecule has 1 rings (SSSR count). The van der Waals surface area contributed by atoms with Gasteiger partial charge in [0.15, 0.2) is 0 Å². The Morgan fingerprint density at radius 2 is 2.12 bits per heavy atom. The van der Waals surface area contributed by atoms with E-state index in [0.717, 1.165) is 5.75 Å².